The maximum absolute atomic E-state index is 13.2. The van der Waals surface area contributed by atoms with Crippen LogP contribution in [0.5, 0.6) is 0 Å². The fraction of sp³-hybridized carbons (Fsp3) is 0.0769. The van der Waals surface area contributed by atoms with E-state index in [-0.39, 0.29) is 54.8 Å². The lowest BCUT2D eigenvalue weighted by molar-refractivity contribution is -0.116. The van der Waals surface area contributed by atoms with Crippen LogP contribution in [-0.2, 0) is 33.6 Å². The SMILES string of the molecule is O=C(Cc1cccc2ccccc12)Nc1nc(NC(=O)Cc2cccc3ccccc23)nc(NC(=O)Cc2cccc3ccccc23)n1. The highest BCUT2D eigenvalue weighted by atomic mass is 16.2. The van der Waals surface area contributed by atoms with E-state index < -0.39 is 0 Å². The number of rotatable bonds is 9. The van der Waals surface area contributed by atoms with Gasteiger partial charge in [-0.15, -0.1) is 0 Å². The van der Waals surface area contributed by atoms with E-state index in [0.29, 0.717) is 0 Å². The summed E-state index contributed by atoms with van der Waals surface area (Å²) in [4.78, 5) is 52.7. The molecular weight excluding hydrogens is 600 g/mol. The van der Waals surface area contributed by atoms with Gasteiger partial charge in [-0.25, -0.2) is 0 Å². The van der Waals surface area contributed by atoms with Crippen LogP contribution < -0.4 is 16.0 Å². The molecule has 48 heavy (non-hydrogen) atoms. The standard InChI is InChI=1S/C39H30N6O3/c46-34(22-28-16-7-13-25-10-1-4-19-31(25)28)40-37-43-38(41-35(47)23-29-17-8-14-26-11-2-5-20-32(26)29)45-39(44-37)42-36(48)24-30-18-9-15-27-12-3-6-21-33(27)30/h1-21H,22-24H2,(H3,40,41,42,43,44,45,46,47,48). The molecule has 9 nitrogen and oxygen atoms in total. The molecule has 0 unspecified atom stereocenters. The number of carbonyl (C=O) groups excluding carboxylic acids is 3. The van der Waals surface area contributed by atoms with Gasteiger partial charge >= 0.3 is 0 Å². The zero-order valence-corrected chi connectivity index (χ0v) is 25.8. The molecule has 3 amide bonds. The van der Waals surface area contributed by atoms with E-state index in [9.17, 15) is 14.4 Å². The summed E-state index contributed by atoms with van der Waals surface area (Å²) in [7, 11) is 0. The minimum absolute atomic E-state index is 0.0680. The second-order valence-corrected chi connectivity index (χ2v) is 11.4. The van der Waals surface area contributed by atoms with Gasteiger partial charge in [-0.3, -0.25) is 30.3 Å². The minimum Gasteiger partial charge on any atom is -0.294 e. The molecule has 9 heteroatoms. The fourth-order valence-corrected chi connectivity index (χ4v) is 5.91. The van der Waals surface area contributed by atoms with Crippen molar-refractivity contribution in [1.29, 1.82) is 0 Å². The van der Waals surface area contributed by atoms with Crippen LogP contribution >= 0.6 is 0 Å². The smallest absolute Gasteiger partial charge is 0.236 e. The molecular formula is C39H30N6O3. The van der Waals surface area contributed by atoms with Gasteiger partial charge in [0.1, 0.15) is 0 Å². The minimum atomic E-state index is -0.362. The van der Waals surface area contributed by atoms with E-state index in [1.165, 1.54) is 0 Å². The lowest BCUT2D eigenvalue weighted by Crippen LogP contribution is -2.23. The number of benzene rings is 6. The van der Waals surface area contributed by atoms with Crippen molar-refractivity contribution < 1.29 is 14.4 Å². The first-order valence-corrected chi connectivity index (χ1v) is 15.5. The molecule has 3 N–H and O–H groups in total. The van der Waals surface area contributed by atoms with Crippen LogP contribution in [0.3, 0.4) is 0 Å². The Hall–Kier alpha value is -6.48. The number of hydrogen-bond acceptors (Lipinski definition) is 6. The number of nitrogens with zero attached hydrogens (tertiary/aromatic N) is 3. The van der Waals surface area contributed by atoms with Crippen LogP contribution in [0.25, 0.3) is 32.3 Å². The third kappa shape index (κ3) is 6.85. The van der Waals surface area contributed by atoms with E-state index in [1.54, 1.807) is 0 Å². The molecule has 1 aromatic heterocycles. The van der Waals surface area contributed by atoms with Crippen LogP contribution in [0.1, 0.15) is 16.7 Å². The van der Waals surface area contributed by atoms with E-state index in [1.807, 2.05) is 127 Å². The number of aromatic nitrogens is 3. The molecule has 234 valence electrons. The number of fused-ring (bicyclic) bond motifs is 3. The third-order valence-corrected chi connectivity index (χ3v) is 8.08. The molecule has 0 aliphatic carbocycles. The van der Waals surface area contributed by atoms with Gasteiger partial charge in [-0.2, -0.15) is 15.0 Å². The van der Waals surface area contributed by atoms with Gasteiger partial charge in [0.15, 0.2) is 0 Å². The molecule has 0 atom stereocenters. The number of nitrogens with one attached hydrogen (secondary N) is 3. The van der Waals surface area contributed by atoms with Crippen molar-refractivity contribution in [3.05, 3.63) is 144 Å². The molecule has 0 fully saturated rings. The predicted molar refractivity (Wildman–Crippen MR) is 189 cm³/mol. The summed E-state index contributed by atoms with van der Waals surface area (Å²) < 4.78 is 0. The molecule has 6 aromatic carbocycles. The third-order valence-electron chi connectivity index (χ3n) is 8.08. The number of anilines is 3. The highest BCUT2D eigenvalue weighted by molar-refractivity contribution is 5.98. The molecule has 0 saturated carbocycles. The largest absolute Gasteiger partial charge is 0.294 e. The summed E-state index contributed by atoms with van der Waals surface area (Å²) in [6, 6.07) is 40.9. The topological polar surface area (TPSA) is 126 Å². The lowest BCUT2D eigenvalue weighted by Gasteiger charge is -2.12. The first kappa shape index (κ1) is 30.2. The Morgan fingerprint density at radius 1 is 0.375 bits per heavy atom. The number of carbonyl (C=O) groups is 3. The summed E-state index contributed by atoms with van der Waals surface area (Å²) in [5.41, 5.74) is 2.52. The Bertz CT molecular complexity index is 2050. The monoisotopic (exact) mass is 630 g/mol. The molecule has 0 radical (unpaired) electrons. The molecule has 1 heterocycles. The van der Waals surface area contributed by atoms with Crippen molar-refractivity contribution in [1.82, 2.24) is 15.0 Å². The van der Waals surface area contributed by atoms with Gasteiger partial charge in [0.25, 0.3) is 0 Å². The van der Waals surface area contributed by atoms with Crippen LogP contribution in [0.2, 0.25) is 0 Å². The van der Waals surface area contributed by atoms with Crippen molar-refractivity contribution >= 4 is 67.9 Å². The molecule has 0 saturated heterocycles. The second kappa shape index (κ2) is 13.5. The van der Waals surface area contributed by atoms with E-state index in [2.05, 4.69) is 30.9 Å². The van der Waals surface area contributed by atoms with E-state index in [0.717, 1.165) is 49.0 Å². The van der Waals surface area contributed by atoms with E-state index >= 15 is 0 Å². The Labute approximate surface area is 276 Å². The van der Waals surface area contributed by atoms with Crippen molar-refractivity contribution in [2.45, 2.75) is 19.3 Å². The van der Waals surface area contributed by atoms with Crippen LogP contribution in [0, 0.1) is 0 Å². The zero-order valence-electron chi connectivity index (χ0n) is 25.8. The number of amides is 3. The van der Waals surface area contributed by atoms with Gasteiger partial charge in [0.2, 0.25) is 35.6 Å². The average molecular weight is 631 g/mol. The maximum atomic E-state index is 13.2. The van der Waals surface area contributed by atoms with Gasteiger partial charge in [0, 0.05) is 0 Å². The molecule has 7 rings (SSSR count). The van der Waals surface area contributed by atoms with Crippen LogP contribution in [-0.4, -0.2) is 32.7 Å². The molecule has 7 aromatic rings. The van der Waals surface area contributed by atoms with Crippen molar-refractivity contribution in [2.24, 2.45) is 0 Å². The van der Waals surface area contributed by atoms with Crippen LogP contribution in [0.4, 0.5) is 17.8 Å². The van der Waals surface area contributed by atoms with E-state index in [4.69, 9.17) is 0 Å². The summed E-state index contributed by atoms with van der Waals surface area (Å²) in [5, 5.41) is 14.1. The van der Waals surface area contributed by atoms with Crippen molar-refractivity contribution in [2.75, 3.05) is 16.0 Å². The highest BCUT2D eigenvalue weighted by Gasteiger charge is 2.16. The molecule has 0 aliphatic rings. The quantitative estimate of drug-likeness (QED) is 0.160. The molecule has 0 bridgehead atoms. The van der Waals surface area contributed by atoms with Crippen molar-refractivity contribution in [3.8, 4) is 0 Å². The maximum Gasteiger partial charge on any atom is 0.236 e. The highest BCUT2D eigenvalue weighted by Crippen LogP contribution is 2.22. The first-order chi connectivity index (χ1) is 23.5. The summed E-state index contributed by atoms with van der Waals surface area (Å²) >= 11 is 0. The number of hydrogen-bond donors (Lipinski definition) is 3. The summed E-state index contributed by atoms with van der Waals surface area (Å²) in [6.45, 7) is 0. The Morgan fingerprint density at radius 2 is 0.646 bits per heavy atom. The van der Waals surface area contributed by atoms with Crippen molar-refractivity contribution in [3.63, 3.8) is 0 Å². The molecule has 0 aliphatic heterocycles. The van der Waals surface area contributed by atoms with Gasteiger partial charge in [-0.05, 0) is 49.0 Å². The van der Waals surface area contributed by atoms with Gasteiger partial charge in [0.05, 0.1) is 19.3 Å². The second-order valence-electron chi connectivity index (χ2n) is 11.4. The summed E-state index contributed by atoms with van der Waals surface area (Å²) in [5.74, 6) is -1.39. The Morgan fingerprint density at radius 3 is 0.958 bits per heavy atom. The zero-order chi connectivity index (χ0) is 32.9. The lowest BCUT2D eigenvalue weighted by atomic mass is 10.0. The average Bonchev–Trinajstić information content (AvgIpc) is 3.08. The summed E-state index contributed by atoms with van der Waals surface area (Å²) in [6.07, 6.45) is 0.204. The normalized spacial score (nSPS) is 11.0. The van der Waals surface area contributed by atoms with Gasteiger partial charge in [-0.1, -0.05) is 127 Å². The Balaban J connectivity index is 1.13. The first-order valence-electron chi connectivity index (χ1n) is 15.5. The Kier molecular flexibility index (Phi) is 8.48. The predicted octanol–water partition coefficient (Wildman–Crippen LogP) is 6.87. The van der Waals surface area contributed by atoms with Crippen LogP contribution in [0.15, 0.2) is 127 Å². The fourth-order valence-electron chi connectivity index (χ4n) is 5.91. The molecule has 0 spiro atoms. The van der Waals surface area contributed by atoms with Gasteiger partial charge < -0.3 is 0 Å².